The highest BCUT2D eigenvalue weighted by molar-refractivity contribution is 7.15. The van der Waals surface area contributed by atoms with Crippen molar-refractivity contribution in [3.05, 3.63) is 69.1 Å². The lowest BCUT2D eigenvalue weighted by atomic mass is 10.2. The van der Waals surface area contributed by atoms with E-state index >= 15 is 0 Å². The van der Waals surface area contributed by atoms with Gasteiger partial charge in [0.1, 0.15) is 5.75 Å². The van der Waals surface area contributed by atoms with Crippen molar-refractivity contribution in [2.45, 2.75) is 6.92 Å². The number of benzene rings is 2. The second kappa shape index (κ2) is 8.99. The first-order chi connectivity index (χ1) is 13.0. The van der Waals surface area contributed by atoms with E-state index in [9.17, 15) is 4.79 Å². The third-order valence-corrected chi connectivity index (χ3v) is 5.02. The molecule has 1 N–H and O–H groups in total. The van der Waals surface area contributed by atoms with Crippen molar-refractivity contribution in [1.29, 1.82) is 0 Å². The molecule has 0 unspecified atom stereocenters. The predicted octanol–water partition coefficient (Wildman–Crippen LogP) is 5.58. The summed E-state index contributed by atoms with van der Waals surface area (Å²) >= 11 is 13.3. The van der Waals surface area contributed by atoms with Gasteiger partial charge in [0, 0.05) is 10.7 Å². The molecule has 0 saturated heterocycles. The van der Waals surface area contributed by atoms with Gasteiger partial charge in [-0.15, -0.1) is 10.2 Å². The predicted molar refractivity (Wildman–Crippen MR) is 111 cm³/mol. The van der Waals surface area contributed by atoms with Crippen LogP contribution in [0.15, 0.2) is 48.5 Å². The minimum Gasteiger partial charge on any atom is -0.494 e. The molecule has 2 aromatic carbocycles. The van der Waals surface area contributed by atoms with Crippen LogP contribution in [0.2, 0.25) is 5.02 Å². The van der Waals surface area contributed by atoms with Crippen LogP contribution in [-0.4, -0.2) is 22.7 Å². The first-order valence-electron chi connectivity index (χ1n) is 8.06. The summed E-state index contributed by atoms with van der Waals surface area (Å²) in [5.74, 6) is 0.439. The number of nitrogens with zero attached hydrogens (tertiary/aromatic N) is 2. The molecular weight excluding hydrogens is 405 g/mol. The van der Waals surface area contributed by atoms with Gasteiger partial charge in [-0.05, 0) is 55.0 Å². The molecule has 0 bridgehead atoms. The fourth-order valence-corrected chi connectivity index (χ4v) is 3.22. The summed E-state index contributed by atoms with van der Waals surface area (Å²) in [6, 6.07) is 14.3. The number of nitrogens with one attached hydrogen (secondary N) is 1. The highest BCUT2D eigenvalue weighted by Crippen LogP contribution is 2.26. The molecule has 0 aliphatic carbocycles. The minimum atomic E-state index is -0.355. The zero-order valence-electron chi connectivity index (χ0n) is 14.3. The molecule has 138 valence electrons. The molecule has 1 amide bonds. The minimum absolute atomic E-state index is 0.221. The van der Waals surface area contributed by atoms with E-state index in [4.69, 9.17) is 27.9 Å². The van der Waals surface area contributed by atoms with Gasteiger partial charge < -0.3 is 10.1 Å². The maximum atomic E-state index is 12.3. The van der Waals surface area contributed by atoms with Crippen molar-refractivity contribution in [2.75, 3.05) is 11.9 Å². The molecule has 3 rings (SSSR count). The number of aromatic nitrogens is 2. The van der Waals surface area contributed by atoms with Gasteiger partial charge in [-0.2, -0.15) is 0 Å². The normalized spacial score (nSPS) is 11.3. The first-order valence-corrected chi connectivity index (χ1v) is 9.63. The van der Waals surface area contributed by atoms with Gasteiger partial charge in [0.2, 0.25) is 5.01 Å². The van der Waals surface area contributed by atoms with Crippen molar-refractivity contribution in [1.82, 2.24) is 10.2 Å². The number of ether oxygens (including phenoxy) is 1. The van der Waals surface area contributed by atoms with Crippen molar-refractivity contribution in [2.24, 2.45) is 0 Å². The molecule has 3 aromatic rings. The Morgan fingerprint density at radius 1 is 1.11 bits per heavy atom. The molecule has 0 fully saturated rings. The molecule has 0 atom stereocenters. The zero-order chi connectivity index (χ0) is 19.2. The van der Waals surface area contributed by atoms with Gasteiger partial charge >= 0.3 is 0 Å². The Kier molecular flexibility index (Phi) is 6.45. The van der Waals surface area contributed by atoms with E-state index in [-0.39, 0.29) is 10.9 Å². The maximum Gasteiger partial charge on any atom is 0.286 e. The summed E-state index contributed by atoms with van der Waals surface area (Å²) in [6.07, 6.45) is 1.76. The van der Waals surface area contributed by atoms with Gasteiger partial charge in [-0.3, -0.25) is 4.79 Å². The molecule has 0 radical (unpaired) electrons. The highest BCUT2D eigenvalue weighted by atomic mass is 35.5. The Balaban J connectivity index is 1.70. The molecular formula is C19H15Cl2N3O2S. The van der Waals surface area contributed by atoms with E-state index in [0.717, 1.165) is 22.6 Å². The van der Waals surface area contributed by atoms with Crippen LogP contribution in [-0.2, 0) is 0 Å². The monoisotopic (exact) mass is 419 g/mol. The number of carbonyl (C=O) groups excluding carboxylic acids is 1. The molecule has 1 heterocycles. The van der Waals surface area contributed by atoms with Gasteiger partial charge in [-0.25, -0.2) is 0 Å². The van der Waals surface area contributed by atoms with E-state index in [0.29, 0.717) is 27.4 Å². The molecule has 0 saturated carbocycles. The van der Waals surface area contributed by atoms with Gasteiger partial charge in [-0.1, -0.05) is 46.7 Å². The van der Waals surface area contributed by atoms with Gasteiger partial charge in [0.15, 0.2) is 5.01 Å². The number of hydrogen-bond donors (Lipinski definition) is 1. The maximum absolute atomic E-state index is 12.3. The Labute approximate surface area is 170 Å². The van der Waals surface area contributed by atoms with Crippen LogP contribution in [0.4, 0.5) is 5.69 Å². The van der Waals surface area contributed by atoms with Crippen LogP contribution in [0.5, 0.6) is 5.75 Å². The summed E-state index contributed by atoms with van der Waals surface area (Å²) in [6.45, 7) is 2.54. The fraction of sp³-hybridized carbons (Fsp3) is 0.105. The summed E-state index contributed by atoms with van der Waals surface area (Å²) < 4.78 is 5.41. The van der Waals surface area contributed by atoms with E-state index in [1.54, 1.807) is 30.3 Å². The average molecular weight is 420 g/mol. The van der Waals surface area contributed by atoms with E-state index in [1.807, 2.05) is 31.2 Å². The van der Waals surface area contributed by atoms with Crippen LogP contribution in [0.1, 0.15) is 27.3 Å². The van der Waals surface area contributed by atoms with Crippen LogP contribution in [0, 0.1) is 0 Å². The largest absolute Gasteiger partial charge is 0.494 e. The van der Waals surface area contributed by atoms with E-state index in [2.05, 4.69) is 15.5 Å². The van der Waals surface area contributed by atoms with E-state index in [1.165, 1.54) is 0 Å². The number of amides is 1. The summed E-state index contributed by atoms with van der Waals surface area (Å²) in [7, 11) is 0. The Bertz CT molecular complexity index is 954. The Morgan fingerprint density at radius 3 is 2.44 bits per heavy atom. The molecule has 0 spiro atoms. The number of rotatable bonds is 6. The van der Waals surface area contributed by atoms with Crippen molar-refractivity contribution in [3.8, 4) is 5.75 Å². The molecule has 0 aliphatic rings. The zero-order valence-corrected chi connectivity index (χ0v) is 16.6. The SMILES string of the molecule is CCOc1ccc(/C=C(\Cl)c2nnc(C(=O)Nc3ccc(Cl)cc3)s2)cc1. The second-order valence-corrected chi connectivity index (χ2v) is 7.19. The third-order valence-electron chi connectivity index (χ3n) is 3.41. The first kappa shape index (κ1) is 19.4. The topological polar surface area (TPSA) is 64.1 Å². The van der Waals surface area contributed by atoms with E-state index < -0.39 is 0 Å². The molecule has 27 heavy (non-hydrogen) atoms. The number of anilines is 1. The van der Waals surface area contributed by atoms with Gasteiger partial charge in [0.25, 0.3) is 5.91 Å². The lowest BCUT2D eigenvalue weighted by Gasteiger charge is -2.02. The molecule has 1 aromatic heterocycles. The van der Waals surface area contributed by atoms with Crippen LogP contribution in [0.25, 0.3) is 11.1 Å². The average Bonchev–Trinajstić information content (AvgIpc) is 3.16. The van der Waals surface area contributed by atoms with Crippen LogP contribution in [0.3, 0.4) is 0 Å². The van der Waals surface area contributed by atoms with Crippen LogP contribution < -0.4 is 10.1 Å². The fourth-order valence-electron chi connectivity index (χ4n) is 2.16. The number of hydrogen-bond acceptors (Lipinski definition) is 5. The van der Waals surface area contributed by atoms with Gasteiger partial charge in [0.05, 0.1) is 11.6 Å². The smallest absolute Gasteiger partial charge is 0.286 e. The lowest BCUT2D eigenvalue weighted by molar-refractivity contribution is 0.102. The second-order valence-electron chi connectivity index (χ2n) is 5.37. The standard InChI is InChI=1S/C19H15Cl2N3O2S/c1-2-26-15-9-3-12(4-10-15)11-16(21)18-23-24-19(27-18)17(25)22-14-7-5-13(20)6-8-14/h3-11H,2H2,1H3,(H,22,25)/b16-11-. The molecule has 0 aliphatic heterocycles. The summed E-state index contributed by atoms with van der Waals surface area (Å²) in [5.41, 5.74) is 1.52. The quantitative estimate of drug-likeness (QED) is 0.566. The third kappa shape index (κ3) is 5.29. The van der Waals surface area contributed by atoms with Crippen molar-refractivity contribution >= 4 is 57.2 Å². The summed E-state index contributed by atoms with van der Waals surface area (Å²) in [4.78, 5) is 12.3. The summed E-state index contributed by atoms with van der Waals surface area (Å²) in [5, 5.41) is 12.3. The number of halogens is 2. The van der Waals surface area contributed by atoms with Crippen molar-refractivity contribution in [3.63, 3.8) is 0 Å². The Morgan fingerprint density at radius 2 is 1.78 bits per heavy atom. The number of carbonyl (C=O) groups is 1. The van der Waals surface area contributed by atoms with Crippen LogP contribution >= 0.6 is 34.5 Å². The molecule has 5 nitrogen and oxygen atoms in total. The lowest BCUT2D eigenvalue weighted by Crippen LogP contribution is -2.11. The van der Waals surface area contributed by atoms with Crippen molar-refractivity contribution < 1.29 is 9.53 Å². The highest BCUT2D eigenvalue weighted by Gasteiger charge is 2.15. The molecule has 8 heteroatoms. The Hall–Kier alpha value is -2.41.